The Morgan fingerprint density at radius 1 is 0.692 bits per heavy atom. The van der Waals surface area contributed by atoms with Gasteiger partial charge in [0.25, 0.3) is 0 Å². The molecule has 0 aliphatic carbocycles. The van der Waals surface area contributed by atoms with Crippen molar-refractivity contribution in [2.45, 2.75) is 12.2 Å². The molecule has 2 atom stereocenters. The predicted octanol–water partition coefficient (Wildman–Crippen LogP) is 0.544. The molecular formula is C18H14O8. The molecule has 2 aromatic carbocycles. The highest BCUT2D eigenvalue weighted by atomic mass is 16.6. The Morgan fingerprint density at radius 3 is 1.27 bits per heavy atom. The molecule has 0 spiro atoms. The quantitative estimate of drug-likeness (QED) is 0.417. The van der Waals surface area contributed by atoms with Crippen molar-refractivity contribution >= 4 is 24.5 Å². The number of hydrogen-bond donors (Lipinski definition) is 2. The lowest BCUT2D eigenvalue weighted by atomic mass is 10.2. The van der Waals surface area contributed by atoms with Crippen LogP contribution in [0.2, 0.25) is 0 Å². The van der Waals surface area contributed by atoms with Gasteiger partial charge in [-0.15, -0.1) is 0 Å². The minimum Gasteiger partial charge on any atom is -0.425 e. The van der Waals surface area contributed by atoms with E-state index in [2.05, 4.69) is 0 Å². The summed E-state index contributed by atoms with van der Waals surface area (Å²) in [5.74, 6) is -2.51. The largest absolute Gasteiger partial charge is 0.425 e. The SMILES string of the molecule is O=Cc1ccc(OC(=O)[C@H](O)[C@@H](O)C(=O)Oc2ccc(C=O)cc2)cc1. The van der Waals surface area contributed by atoms with Crippen LogP contribution >= 0.6 is 0 Å². The minimum atomic E-state index is -2.18. The van der Waals surface area contributed by atoms with Crippen molar-refractivity contribution in [3.63, 3.8) is 0 Å². The molecule has 8 heteroatoms. The number of rotatable bonds is 7. The fourth-order valence-corrected chi connectivity index (χ4v) is 1.84. The molecule has 0 aliphatic rings. The van der Waals surface area contributed by atoms with Crippen molar-refractivity contribution in [2.24, 2.45) is 0 Å². The topological polar surface area (TPSA) is 127 Å². The van der Waals surface area contributed by atoms with Crippen LogP contribution in [0.25, 0.3) is 0 Å². The third kappa shape index (κ3) is 4.82. The van der Waals surface area contributed by atoms with Crippen LogP contribution in [0.1, 0.15) is 20.7 Å². The van der Waals surface area contributed by atoms with E-state index < -0.39 is 24.1 Å². The zero-order chi connectivity index (χ0) is 19.1. The van der Waals surface area contributed by atoms with Crippen LogP contribution in [0.5, 0.6) is 11.5 Å². The predicted molar refractivity (Wildman–Crippen MR) is 86.9 cm³/mol. The lowest BCUT2D eigenvalue weighted by Gasteiger charge is -2.15. The lowest BCUT2D eigenvalue weighted by Crippen LogP contribution is -2.43. The lowest BCUT2D eigenvalue weighted by molar-refractivity contribution is -0.162. The molecule has 134 valence electrons. The average Bonchev–Trinajstić information content (AvgIpc) is 2.67. The van der Waals surface area contributed by atoms with Crippen molar-refractivity contribution < 1.29 is 38.9 Å². The average molecular weight is 358 g/mol. The van der Waals surface area contributed by atoms with E-state index in [0.29, 0.717) is 23.7 Å². The zero-order valence-electron chi connectivity index (χ0n) is 13.3. The molecule has 0 aliphatic heterocycles. The first kappa shape index (κ1) is 19.0. The highest BCUT2D eigenvalue weighted by molar-refractivity contribution is 5.87. The molecule has 0 radical (unpaired) electrons. The molecule has 0 fully saturated rings. The van der Waals surface area contributed by atoms with Crippen LogP contribution in [0, 0.1) is 0 Å². The summed E-state index contributed by atoms with van der Waals surface area (Å²) in [6.45, 7) is 0. The van der Waals surface area contributed by atoms with E-state index in [9.17, 15) is 29.4 Å². The number of carbonyl (C=O) groups is 4. The van der Waals surface area contributed by atoms with Crippen LogP contribution in [-0.4, -0.2) is 46.9 Å². The van der Waals surface area contributed by atoms with E-state index in [1.165, 1.54) is 48.5 Å². The van der Waals surface area contributed by atoms with E-state index in [0.717, 1.165) is 0 Å². The summed E-state index contributed by atoms with van der Waals surface area (Å²) in [6.07, 6.45) is -3.16. The van der Waals surface area contributed by atoms with Gasteiger partial charge < -0.3 is 19.7 Å². The summed E-state index contributed by atoms with van der Waals surface area (Å²) in [5, 5.41) is 19.5. The first-order valence-electron chi connectivity index (χ1n) is 7.34. The molecule has 8 nitrogen and oxygen atoms in total. The molecule has 0 amide bonds. The minimum absolute atomic E-state index is 0.0182. The van der Waals surface area contributed by atoms with Crippen LogP contribution in [-0.2, 0) is 9.59 Å². The highest BCUT2D eigenvalue weighted by Gasteiger charge is 2.33. The molecule has 0 saturated heterocycles. The maximum absolute atomic E-state index is 11.8. The maximum Gasteiger partial charge on any atom is 0.343 e. The van der Waals surface area contributed by atoms with E-state index in [-0.39, 0.29) is 11.5 Å². The van der Waals surface area contributed by atoms with Gasteiger partial charge in [-0.1, -0.05) is 0 Å². The maximum atomic E-state index is 11.8. The van der Waals surface area contributed by atoms with E-state index >= 15 is 0 Å². The summed E-state index contributed by atoms with van der Waals surface area (Å²) < 4.78 is 9.63. The second-order valence-electron chi connectivity index (χ2n) is 5.11. The highest BCUT2D eigenvalue weighted by Crippen LogP contribution is 2.15. The normalized spacial score (nSPS) is 12.5. The Balaban J connectivity index is 1.95. The number of aliphatic hydroxyl groups excluding tert-OH is 2. The van der Waals surface area contributed by atoms with Gasteiger partial charge in [0.05, 0.1) is 0 Å². The number of hydrogen-bond acceptors (Lipinski definition) is 8. The Kier molecular flexibility index (Phi) is 6.31. The second-order valence-corrected chi connectivity index (χ2v) is 5.11. The van der Waals surface area contributed by atoms with Gasteiger partial charge in [0, 0.05) is 11.1 Å². The molecule has 2 N–H and O–H groups in total. The summed E-state index contributed by atoms with van der Waals surface area (Å²) in [5.41, 5.74) is 0.712. The second kappa shape index (κ2) is 8.65. The standard InChI is InChI=1S/C18H14O8/c19-9-11-1-5-13(6-2-11)25-17(23)15(21)16(22)18(24)26-14-7-3-12(10-20)4-8-14/h1-10,15-16,21-22H/t15-,16-/m1/s1. The van der Waals surface area contributed by atoms with Gasteiger partial charge in [-0.2, -0.15) is 0 Å². The Morgan fingerprint density at radius 2 is 1.00 bits per heavy atom. The molecule has 0 saturated carbocycles. The van der Waals surface area contributed by atoms with Crippen LogP contribution in [0.15, 0.2) is 48.5 Å². The van der Waals surface area contributed by atoms with E-state index in [1.807, 2.05) is 0 Å². The summed E-state index contributed by atoms with van der Waals surface area (Å²) in [6, 6.07) is 10.8. The molecular weight excluding hydrogens is 344 g/mol. The van der Waals surface area contributed by atoms with Crippen molar-refractivity contribution in [3.05, 3.63) is 59.7 Å². The third-order valence-electron chi connectivity index (χ3n) is 3.25. The van der Waals surface area contributed by atoms with Gasteiger partial charge in [0.15, 0.2) is 12.2 Å². The van der Waals surface area contributed by atoms with Crippen LogP contribution < -0.4 is 9.47 Å². The van der Waals surface area contributed by atoms with Crippen LogP contribution in [0.3, 0.4) is 0 Å². The summed E-state index contributed by atoms with van der Waals surface area (Å²) in [4.78, 5) is 44.7. The van der Waals surface area contributed by atoms with Crippen molar-refractivity contribution in [1.82, 2.24) is 0 Å². The molecule has 0 unspecified atom stereocenters. The molecule has 0 bridgehead atoms. The number of ether oxygens (including phenoxy) is 2. The van der Waals surface area contributed by atoms with Crippen LogP contribution in [0.4, 0.5) is 0 Å². The van der Waals surface area contributed by atoms with E-state index in [4.69, 9.17) is 9.47 Å². The fourth-order valence-electron chi connectivity index (χ4n) is 1.84. The zero-order valence-corrected chi connectivity index (χ0v) is 13.3. The van der Waals surface area contributed by atoms with Crippen molar-refractivity contribution in [3.8, 4) is 11.5 Å². The van der Waals surface area contributed by atoms with Gasteiger partial charge in [-0.3, -0.25) is 9.59 Å². The molecule has 0 aromatic heterocycles. The smallest absolute Gasteiger partial charge is 0.343 e. The first-order chi connectivity index (χ1) is 12.4. The van der Waals surface area contributed by atoms with E-state index in [1.54, 1.807) is 0 Å². The number of carbonyl (C=O) groups excluding carboxylic acids is 4. The molecule has 2 rings (SSSR count). The molecule has 26 heavy (non-hydrogen) atoms. The number of benzene rings is 2. The third-order valence-corrected chi connectivity index (χ3v) is 3.25. The Hall–Kier alpha value is -3.36. The summed E-state index contributed by atoms with van der Waals surface area (Å²) >= 11 is 0. The van der Waals surface area contributed by atoms with Gasteiger partial charge in [0.1, 0.15) is 24.1 Å². The first-order valence-corrected chi connectivity index (χ1v) is 7.34. The van der Waals surface area contributed by atoms with Crippen molar-refractivity contribution in [1.29, 1.82) is 0 Å². The number of aliphatic hydroxyl groups is 2. The van der Waals surface area contributed by atoms with Gasteiger partial charge in [-0.05, 0) is 48.5 Å². The molecule has 2 aromatic rings. The number of aldehydes is 2. The monoisotopic (exact) mass is 358 g/mol. The Labute approximate surface area is 147 Å². The van der Waals surface area contributed by atoms with Gasteiger partial charge >= 0.3 is 11.9 Å². The van der Waals surface area contributed by atoms with Crippen molar-refractivity contribution in [2.75, 3.05) is 0 Å². The fraction of sp³-hybridized carbons (Fsp3) is 0.111. The molecule has 0 heterocycles. The van der Waals surface area contributed by atoms with Gasteiger partial charge in [0.2, 0.25) is 0 Å². The number of esters is 2. The summed E-state index contributed by atoms with van der Waals surface area (Å²) in [7, 11) is 0. The van der Waals surface area contributed by atoms with Gasteiger partial charge in [-0.25, -0.2) is 9.59 Å². The Bertz CT molecular complexity index is 725.